The molecule has 0 aromatic heterocycles. The number of rotatable bonds is 7. The molecule has 0 atom stereocenters. The van der Waals surface area contributed by atoms with E-state index in [0.717, 1.165) is 5.56 Å². The number of hydrogen-bond donors (Lipinski definition) is 1. The minimum Gasteiger partial charge on any atom is -0.452 e. The molecule has 0 heterocycles. The van der Waals surface area contributed by atoms with Crippen molar-refractivity contribution in [2.24, 2.45) is 0 Å². The van der Waals surface area contributed by atoms with Crippen LogP contribution in [0.4, 0.5) is 0 Å². The average molecular weight is 410 g/mol. The second-order valence-electron chi connectivity index (χ2n) is 5.53. The van der Waals surface area contributed by atoms with Gasteiger partial charge in [-0.15, -0.1) is 0 Å². The van der Waals surface area contributed by atoms with Gasteiger partial charge in [-0.3, -0.25) is 9.59 Å². The number of amides is 1. The van der Waals surface area contributed by atoms with Crippen LogP contribution in [0.3, 0.4) is 0 Å². The molecule has 0 aliphatic heterocycles. The zero-order chi connectivity index (χ0) is 19.8. The third kappa shape index (κ3) is 6.92. The molecular formula is C19H17Cl2NO5. The van der Waals surface area contributed by atoms with Crippen molar-refractivity contribution >= 4 is 41.0 Å². The smallest absolute Gasteiger partial charge is 0.338 e. The van der Waals surface area contributed by atoms with Gasteiger partial charge in [-0.05, 0) is 48.4 Å². The van der Waals surface area contributed by atoms with Crippen molar-refractivity contribution < 1.29 is 23.9 Å². The fourth-order valence-electron chi connectivity index (χ4n) is 2.15. The molecule has 2 aromatic carbocycles. The molecule has 0 fully saturated rings. The van der Waals surface area contributed by atoms with Crippen LogP contribution < -0.4 is 10.1 Å². The molecule has 27 heavy (non-hydrogen) atoms. The number of esters is 2. The summed E-state index contributed by atoms with van der Waals surface area (Å²) in [4.78, 5) is 34.5. The summed E-state index contributed by atoms with van der Waals surface area (Å²) in [5.74, 6) is -1.22. The molecule has 0 aliphatic carbocycles. The molecular weight excluding hydrogens is 393 g/mol. The number of hydrogen-bond acceptors (Lipinski definition) is 5. The first-order valence-electron chi connectivity index (χ1n) is 8.01. The first-order chi connectivity index (χ1) is 12.8. The van der Waals surface area contributed by atoms with Crippen molar-refractivity contribution in [2.45, 2.75) is 13.3 Å². The SMILES string of the molecule is CC(=O)Oc1ccc(C(=O)OCC(=O)NCCc2ccc(Cl)cc2Cl)cc1. The molecule has 0 bridgehead atoms. The van der Waals surface area contributed by atoms with E-state index in [2.05, 4.69) is 5.32 Å². The number of carbonyl (C=O) groups excluding carboxylic acids is 3. The van der Waals surface area contributed by atoms with Crippen LogP contribution in [-0.2, 0) is 20.7 Å². The van der Waals surface area contributed by atoms with Crippen LogP contribution >= 0.6 is 23.2 Å². The molecule has 1 N–H and O–H groups in total. The van der Waals surface area contributed by atoms with E-state index in [1.54, 1.807) is 18.2 Å². The molecule has 0 spiro atoms. The second-order valence-corrected chi connectivity index (χ2v) is 6.37. The van der Waals surface area contributed by atoms with Gasteiger partial charge in [-0.25, -0.2) is 4.79 Å². The molecule has 0 saturated heterocycles. The Morgan fingerprint density at radius 3 is 2.37 bits per heavy atom. The van der Waals surface area contributed by atoms with Crippen LogP contribution in [0.5, 0.6) is 5.75 Å². The second kappa shape index (κ2) is 9.94. The molecule has 0 radical (unpaired) electrons. The third-order valence-corrected chi connectivity index (χ3v) is 4.00. The molecule has 0 saturated carbocycles. The zero-order valence-electron chi connectivity index (χ0n) is 14.5. The van der Waals surface area contributed by atoms with E-state index in [0.29, 0.717) is 28.8 Å². The highest BCUT2D eigenvalue weighted by Crippen LogP contribution is 2.21. The fourth-order valence-corrected chi connectivity index (χ4v) is 2.65. The van der Waals surface area contributed by atoms with Gasteiger partial charge in [-0.2, -0.15) is 0 Å². The first kappa shape index (κ1) is 20.7. The van der Waals surface area contributed by atoms with Gasteiger partial charge in [0.2, 0.25) is 0 Å². The molecule has 8 heteroatoms. The Bertz CT molecular complexity index is 836. The predicted octanol–water partition coefficient (Wildman–Crippen LogP) is 3.43. The van der Waals surface area contributed by atoms with Crippen molar-refractivity contribution in [3.05, 3.63) is 63.6 Å². The molecule has 2 aromatic rings. The van der Waals surface area contributed by atoms with Crippen LogP contribution in [0, 0.1) is 0 Å². The van der Waals surface area contributed by atoms with E-state index in [-0.39, 0.29) is 5.56 Å². The van der Waals surface area contributed by atoms with Gasteiger partial charge in [0, 0.05) is 23.5 Å². The van der Waals surface area contributed by atoms with Gasteiger partial charge < -0.3 is 14.8 Å². The molecule has 1 amide bonds. The standard InChI is InChI=1S/C19H17Cl2NO5/c1-12(23)27-16-6-3-14(4-7-16)19(25)26-11-18(24)22-9-8-13-2-5-15(20)10-17(13)21/h2-7,10H,8-9,11H2,1H3,(H,22,24). The van der Waals surface area contributed by atoms with Crippen LogP contribution in [-0.4, -0.2) is 31.0 Å². The van der Waals surface area contributed by atoms with E-state index in [9.17, 15) is 14.4 Å². The van der Waals surface area contributed by atoms with E-state index >= 15 is 0 Å². The maximum absolute atomic E-state index is 11.9. The van der Waals surface area contributed by atoms with Crippen LogP contribution in [0.2, 0.25) is 10.0 Å². The minimum absolute atomic E-state index is 0.242. The minimum atomic E-state index is -0.653. The number of benzene rings is 2. The number of ether oxygens (including phenoxy) is 2. The molecule has 0 unspecified atom stereocenters. The maximum Gasteiger partial charge on any atom is 0.338 e. The summed E-state index contributed by atoms with van der Waals surface area (Å²) in [6, 6.07) is 11.0. The lowest BCUT2D eigenvalue weighted by molar-refractivity contribution is -0.131. The van der Waals surface area contributed by atoms with E-state index in [1.165, 1.54) is 31.2 Å². The summed E-state index contributed by atoms with van der Waals surface area (Å²) in [5, 5.41) is 3.72. The summed E-state index contributed by atoms with van der Waals surface area (Å²) in [5.41, 5.74) is 1.10. The average Bonchev–Trinajstić information content (AvgIpc) is 2.61. The maximum atomic E-state index is 11.9. The lowest BCUT2D eigenvalue weighted by atomic mass is 10.1. The van der Waals surface area contributed by atoms with E-state index < -0.39 is 24.5 Å². The van der Waals surface area contributed by atoms with Gasteiger partial charge in [0.1, 0.15) is 5.75 Å². The van der Waals surface area contributed by atoms with E-state index in [1.807, 2.05) is 0 Å². The Hall–Kier alpha value is -2.57. The lowest BCUT2D eigenvalue weighted by Gasteiger charge is -2.08. The Labute approximate surface area is 166 Å². The van der Waals surface area contributed by atoms with Crippen LogP contribution in [0.15, 0.2) is 42.5 Å². The highest BCUT2D eigenvalue weighted by Gasteiger charge is 2.11. The van der Waals surface area contributed by atoms with Crippen molar-refractivity contribution in [1.29, 1.82) is 0 Å². The monoisotopic (exact) mass is 409 g/mol. The molecule has 142 valence electrons. The molecule has 0 aliphatic rings. The van der Waals surface area contributed by atoms with E-state index in [4.69, 9.17) is 32.7 Å². The normalized spacial score (nSPS) is 10.2. The summed E-state index contributed by atoms with van der Waals surface area (Å²) < 4.78 is 9.82. The summed E-state index contributed by atoms with van der Waals surface area (Å²) in [6.07, 6.45) is 0.521. The van der Waals surface area contributed by atoms with Gasteiger partial charge in [-0.1, -0.05) is 29.3 Å². The lowest BCUT2D eigenvalue weighted by Crippen LogP contribution is -2.30. The topological polar surface area (TPSA) is 81.7 Å². The molecule has 6 nitrogen and oxygen atoms in total. The summed E-state index contributed by atoms with van der Waals surface area (Å²) in [7, 11) is 0. The Balaban J connectivity index is 1.74. The predicted molar refractivity (Wildman–Crippen MR) is 101 cm³/mol. The van der Waals surface area contributed by atoms with Gasteiger partial charge in [0.05, 0.1) is 5.56 Å². The zero-order valence-corrected chi connectivity index (χ0v) is 16.0. The third-order valence-electron chi connectivity index (χ3n) is 3.42. The van der Waals surface area contributed by atoms with Crippen molar-refractivity contribution in [3.63, 3.8) is 0 Å². The summed E-state index contributed by atoms with van der Waals surface area (Å²) in [6.45, 7) is 1.22. The van der Waals surface area contributed by atoms with Crippen LogP contribution in [0.25, 0.3) is 0 Å². The van der Waals surface area contributed by atoms with Gasteiger partial charge >= 0.3 is 11.9 Å². The first-order valence-corrected chi connectivity index (χ1v) is 8.77. The fraction of sp³-hybridized carbons (Fsp3) is 0.211. The van der Waals surface area contributed by atoms with Gasteiger partial charge in [0.15, 0.2) is 6.61 Å². The highest BCUT2D eigenvalue weighted by molar-refractivity contribution is 6.35. The Morgan fingerprint density at radius 2 is 1.74 bits per heavy atom. The highest BCUT2D eigenvalue weighted by atomic mass is 35.5. The quantitative estimate of drug-likeness (QED) is 0.559. The number of carbonyl (C=O) groups is 3. The summed E-state index contributed by atoms with van der Waals surface area (Å²) >= 11 is 11.9. The molecule has 2 rings (SSSR count). The van der Waals surface area contributed by atoms with Crippen molar-refractivity contribution in [2.75, 3.05) is 13.2 Å². The number of halogens is 2. The van der Waals surface area contributed by atoms with Crippen molar-refractivity contribution in [1.82, 2.24) is 5.32 Å². The van der Waals surface area contributed by atoms with Gasteiger partial charge in [0.25, 0.3) is 5.91 Å². The number of nitrogens with one attached hydrogen (secondary N) is 1. The largest absolute Gasteiger partial charge is 0.452 e. The van der Waals surface area contributed by atoms with Crippen molar-refractivity contribution in [3.8, 4) is 5.75 Å². The Morgan fingerprint density at radius 1 is 1.04 bits per heavy atom. The Kier molecular flexibility index (Phi) is 7.64. The van der Waals surface area contributed by atoms with Crippen LogP contribution in [0.1, 0.15) is 22.8 Å².